The van der Waals surface area contributed by atoms with Crippen LogP contribution in [0.25, 0.3) is 0 Å². The predicted octanol–water partition coefficient (Wildman–Crippen LogP) is 3.62. The second-order valence-electron chi connectivity index (χ2n) is 3.66. The maximum atomic E-state index is 8.97. The molecular weight excluding hydrogens is 178 g/mol. The minimum absolute atomic E-state index is 0.137. The van der Waals surface area contributed by atoms with Crippen molar-refractivity contribution in [3.8, 4) is 6.07 Å². The summed E-state index contributed by atoms with van der Waals surface area (Å²) in [6.07, 6.45) is 2.94. The highest BCUT2D eigenvalue weighted by molar-refractivity contribution is 7.07. The molecule has 1 unspecified atom stereocenters. The zero-order valence-electron chi connectivity index (χ0n) is 8.21. The number of hydrogen-bond donors (Lipinski definition) is 0. The molecule has 0 amide bonds. The Labute approximate surface area is 84.0 Å². The number of thiophene rings is 1. The molecule has 0 aliphatic rings. The predicted molar refractivity (Wildman–Crippen MR) is 56.7 cm³/mol. The van der Waals surface area contributed by atoms with Crippen molar-refractivity contribution < 1.29 is 0 Å². The van der Waals surface area contributed by atoms with Gasteiger partial charge in [-0.25, -0.2) is 0 Å². The fourth-order valence-electron chi connectivity index (χ4n) is 1.17. The van der Waals surface area contributed by atoms with Crippen molar-refractivity contribution >= 4 is 11.3 Å². The molecule has 1 rings (SSSR count). The van der Waals surface area contributed by atoms with E-state index in [1.807, 2.05) is 6.92 Å². The van der Waals surface area contributed by atoms with Crippen LogP contribution in [-0.2, 0) is 6.42 Å². The summed E-state index contributed by atoms with van der Waals surface area (Å²) in [6, 6.07) is 4.53. The Morgan fingerprint density at radius 1 is 1.62 bits per heavy atom. The van der Waals surface area contributed by atoms with Gasteiger partial charge in [0.15, 0.2) is 0 Å². The number of nitrogens with zero attached hydrogens (tertiary/aromatic N) is 1. The van der Waals surface area contributed by atoms with Crippen molar-refractivity contribution in [1.82, 2.24) is 0 Å². The monoisotopic (exact) mass is 193 g/mol. The van der Waals surface area contributed by atoms with Gasteiger partial charge in [0, 0.05) is 0 Å². The molecule has 2 heteroatoms. The van der Waals surface area contributed by atoms with Crippen LogP contribution in [0.2, 0.25) is 0 Å². The van der Waals surface area contributed by atoms with E-state index >= 15 is 0 Å². The third kappa shape index (κ3) is 2.86. The van der Waals surface area contributed by atoms with Gasteiger partial charge in [0.25, 0.3) is 0 Å². The summed E-state index contributed by atoms with van der Waals surface area (Å²) in [7, 11) is 0. The van der Waals surface area contributed by atoms with E-state index in [1.54, 1.807) is 11.3 Å². The van der Waals surface area contributed by atoms with E-state index in [4.69, 9.17) is 5.26 Å². The van der Waals surface area contributed by atoms with E-state index in [9.17, 15) is 0 Å². The van der Waals surface area contributed by atoms with Crippen LogP contribution in [0, 0.1) is 16.7 Å². The molecule has 0 bridgehead atoms. The summed E-state index contributed by atoms with van der Waals surface area (Å²) in [5, 5.41) is 13.2. The van der Waals surface area contributed by atoms with Crippen molar-refractivity contribution in [1.29, 1.82) is 5.26 Å². The smallest absolute Gasteiger partial charge is 0.0686 e. The van der Waals surface area contributed by atoms with E-state index in [2.05, 4.69) is 29.8 Å². The molecule has 0 saturated heterocycles. The molecule has 70 valence electrons. The molecule has 0 spiro atoms. The van der Waals surface area contributed by atoms with Crippen LogP contribution in [0.4, 0.5) is 0 Å². The summed E-state index contributed by atoms with van der Waals surface area (Å²) < 4.78 is 0. The van der Waals surface area contributed by atoms with Crippen LogP contribution in [0.15, 0.2) is 16.8 Å². The van der Waals surface area contributed by atoms with Crippen molar-refractivity contribution in [2.45, 2.75) is 33.1 Å². The van der Waals surface area contributed by atoms with Crippen LogP contribution in [-0.4, -0.2) is 0 Å². The first kappa shape index (κ1) is 10.3. The topological polar surface area (TPSA) is 23.8 Å². The van der Waals surface area contributed by atoms with Gasteiger partial charge >= 0.3 is 0 Å². The zero-order valence-corrected chi connectivity index (χ0v) is 9.03. The van der Waals surface area contributed by atoms with E-state index in [0.29, 0.717) is 0 Å². The third-order valence-corrected chi connectivity index (χ3v) is 3.33. The van der Waals surface area contributed by atoms with Gasteiger partial charge in [-0.2, -0.15) is 16.6 Å². The molecule has 0 N–H and O–H groups in total. The summed E-state index contributed by atoms with van der Waals surface area (Å²) in [6.45, 7) is 4.12. The van der Waals surface area contributed by atoms with Gasteiger partial charge in [-0.1, -0.05) is 6.92 Å². The van der Waals surface area contributed by atoms with Crippen LogP contribution < -0.4 is 0 Å². The maximum absolute atomic E-state index is 8.97. The van der Waals surface area contributed by atoms with Crippen LogP contribution in [0.3, 0.4) is 0 Å². The molecule has 0 aliphatic heterocycles. The van der Waals surface area contributed by atoms with Crippen molar-refractivity contribution in [3.63, 3.8) is 0 Å². The lowest BCUT2D eigenvalue weighted by molar-refractivity contribution is 0.391. The first-order valence-corrected chi connectivity index (χ1v) is 5.57. The Morgan fingerprint density at radius 3 is 2.85 bits per heavy atom. The van der Waals surface area contributed by atoms with Crippen molar-refractivity contribution in [2.75, 3.05) is 0 Å². The van der Waals surface area contributed by atoms with Gasteiger partial charge in [-0.15, -0.1) is 0 Å². The third-order valence-electron chi connectivity index (χ3n) is 2.60. The lowest BCUT2D eigenvalue weighted by atomic mass is 9.84. The van der Waals surface area contributed by atoms with Gasteiger partial charge < -0.3 is 0 Å². The fraction of sp³-hybridized carbons (Fsp3) is 0.545. The highest BCUT2D eigenvalue weighted by Gasteiger charge is 2.20. The van der Waals surface area contributed by atoms with Crippen LogP contribution in [0.5, 0.6) is 0 Å². The molecule has 0 radical (unpaired) electrons. The SMILES string of the molecule is CCC(C)(C#N)CCc1ccsc1. The molecule has 0 saturated carbocycles. The molecule has 1 aromatic heterocycles. The van der Waals surface area contributed by atoms with Gasteiger partial charge in [-0.3, -0.25) is 0 Å². The van der Waals surface area contributed by atoms with Crippen molar-refractivity contribution in [2.24, 2.45) is 5.41 Å². The van der Waals surface area contributed by atoms with Gasteiger partial charge in [-0.05, 0) is 48.6 Å². The molecule has 0 aliphatic carbocycles. The Kier molecular flexibility index (Phi) is 3.50. The van der Waals surface area contributed by atoms with E-state index in [-0.39, 0.29) is 5.41 Å². The average Bonchev–Trinajstić information content (AvgIpc) is 2.67. The summed E-state index contributed by atoms with van der Waals surface area (Å²) in [5.74, 6) is 0. The summed E-state index contributed by atoms with van der Waals surface area (Å²) in [4.78, 5) is 0. The lowest BCUT2D eigenvalue weighted by Gasteiger charge is -2.18. The molecule has 1 nitrogen and oxygen atoms in total. The molecule has 1 heterocycles. The second-order valence-corrected chi connectivity index (χ2v) is 4.44. The molecule has 0 fully saturated rings. The summed E-state index contributed by atoms with van der Waals surface area (Å²) in [5.41, 5.74) is 1.22. The van der Waals surface area contributed by atoms with E-state index in [0.717, 1.165) is 19.3 Å². The molecular formula is C11H15NS. The Hall–Kier alpha value is -0.810. The fourth-order valence-corrected chi connectivity index (χ4v) is 1.87. The largest absolute Gasteiger partial charge is 0.198 e. The Balaban J connectivity index is 2.47. The maximum Gasteiger partial charge on any atom is 0.0686 e. The summed E-state index contributed by atoms with van der Waals surface area (Å²) >= 11 is 1.72. The molecule has 0 aromatic carbocycles. The van der Waals surface area contributed by atoms with Gasteiger partial charge in [0.05, 0.1) is 11.5 Å². The average molecular weight is 193 g/mol. The first-order chi connectivity index (χ1) is 6.20. The minimum Gasteiger partial charge on any atom is -0.198 e. The van der Waals surface area contributed by atoms with Crippen molar-refractivity contribution in [3.05, 3.63) is 22.4 Å². The highest BCUT2D eigenvalue weighted by atomic mass is 32.1. The zero-order chi connectivity index (χ0) is 9.73. The molecule has 1 atom stereocenters. The van der Waals surface area contributed by atoms with Gasteiger partial charge in [0.2, 0.25) is 0 Å². The number of hydrogen-bond acceptors (Lipinski definition) is 2. The van der Waals surface area contributed by atoms with Crippen LogP contribution >= 0.6 is 11.3 Å². The normalized spacial score (nSPS) is 14.8. The second kappa shape index (κ2) is 4.43. The van der Waals surface area contributed by atoms with Gasteiger partial charge in [0.1, 0.15) is 0 Å². The standard InChI is InChI=1S/C11H15NS/c1-3-11(2,9-12)6-4-10-5-7-13-8-10/h5,7-8H,3-4,6H2,1-2H3. The van der Waals surface area contributed by atoms with E-state index < -0.39 is 0 Å². The number of aryl methyl sites for hydroxylation is 1. The lowest BCUT2D eigenvalue weighted by Crippen LogP contribution is -2.12. The Bertz CT molecular complexity index is 284. The van der Waals surface area contributed by atoms with Crippen LogP contribution in [0.1, 0.15) is 32.3 Å². The quantitative estimate of drug-likeness (QED) is 0.716. The number of nitriles is 1. The first-order valence-electron chi connectivity index (χ1n) is 4.62. The minimum atomic E-state index is -0.137. The number of rotatable bonds is 4. The molecule has 1 aromatic rings. The molecule has 13 heavy (non-hydrogen) atoms. The van der Waals surface area contributed by atoms with E-state index in [1.165, 1.54) is 5.56 Å². The highest BCUT2D eigenvalue weighted by Crippen LogP contribution is 2.26. The Morgan fingerprint density at radius 2 is 2.38 bits per heavy atom.